The minimum absolute atomic E-state index is 0.0682. The van der Waals surface area contributed by atoms with Gasteiger partial charge in [-0.25, -0.2) is 4.79 Å². The van der Waals surface area contributed by atoms with Crippen molar-refractivity contribution in [2.75, 3.05) is 0 Å². The Morgan fingerprint density at radius 3 is 2.26 bits per heavy atom. The molecule has 0 bridgehead atoms. The van der Waals surface area contributed by atoms with Crippen molar-refractivity contribution < 1.29 is 24.7 Å². The number of carboxylic acids is 1. The van der Waals surface area contributed by atoms with Gasteiger partial charge in [0.25, 0.3) is 5.69 Å². The molecule has 0 radical (unpaired) electrons. The van der Waals surface area contributed by atoms with Crippen LogP contribution in [0.4, 0.5) is 5.69 Å². The van der Waals surface area contributed by atoms with E-state index in [0.717, 1.165) is 18.2 Å². The van der Waals surface area contributed by atoms with Gasteiger partial charge in [-0.05, 0) is 18.1 Å². The van der Waals surface area contributed by atoms with Crippen LogP contribution in [0.2, 0.25) is 0 Å². The maximum Gasteiger partial charge on any atom is 0.337 e. The third-order valence-corrected chi connectivity index (χ3v) is 2.93. The van der Waals surface area contributed by atoms with Crippen molar-refractivity contribution in [1.82, 2.24) is 0 Å². The molecule has 2 unspecified atom stereocenters. The normalized spacial score (nSPS) is 13.6. The molecule has 19 heavy (non-hydrogen) atoms. The van der Waals surface area contributed by atoms with E-state index >= 15 is 0 Å². The summed E-state index contributed by atoms with van der Waals surface area (Å²) in [5.74, 6) is -2.00. The van der Waals surface area contributed by atoms with Gasteiger partial charge in [-0.3, -0.25) is 14.9 Å². The Morgan fingerprint density at radius 1 is 1.32 bits per heavy atom. The Kier molecular flexibility index (Phi) is 4.57. The van der Waals surface area contributed by atoms with E-state index in [4.69, 9.17) is 16.7 Å². The summed E-state index contributed by atoms with van der Waals surface area (Å²) >= 11 is 5.77. The molecule has 0 heterocycles. The van der Waals surface area contributed by atoms with Crippen molar-refractivity contribution in [2.24, 2.45) is 0 Å². The summed E-state index contributed by atoms with van der Waals surface area (Å²) in [5, 5.41) is 27.7. The number of hydrogen-bond acceptors (Lipinski definition) is 5. The number of non-ortho nitro benzene ring substituents is 1. The van der Waals surface area contributed by atoms with E-state index in [9.17, 15) is 24.8 Å². The SMILES string of the molecule is CC(=O)C(Cl)c1cc(C(O)C(=O)O)cc([N+](=O)[O-])c1. The molecule has 0 aliphatic carbocycles. The smallest absolute Gasteiger partial charge is 0.337 e. The van der Waals surface area contributed by atoms with E-state index < -0.39 is 33.8 Å². The first-order chi connectivity index (χ1) is 8.73. The van der Waals surface area contributed by atoms with Gasteiger partial charge >= 0.3 is 5.97 Å². The summed E-state index contributed by atoms with van der Waals surface area (Å²) in [5.41, 5.74) is -0.582. The van der Waals surface area contributed by atoms with Gasteiger partial charge in [0.15, 0.2) is 11.9 Å². The van der Waals surface area contributed by atoms with Crippen LogP contribution < -0.4 is 0 Å². The number of carbonyl (C=O) groups is 2. The largest absolute Gasteiger partial charge is 0.479 e. The first kappa shape index (κ1) is 15.1. The van der Waals surface area contributed by atoms with Gasteiger partial charge in [-0.1, -0.05) is 6.07 Å². The number of nitro groups is 1. The van der Waals surface area contributed by atoms with Crippen molar-refractivity contribution in [2.45, 2.75) is 18.4 Å². The van der Waals surface area contributed by atoms with E-state index in [0.29, 0.717) is 0 Å². The molecule has 0 aliphatic heterocycles. The van der Waals surface area contributed by atoms with Crippen molar-refractivity contribution in [3.63, 3.8) is 0 Å². The number of nitrogens with zero attached hydrogens (tertiary/aromatic N) is 1. The highest BCUT2D eigenvalue weighted by Crippen LogP contribution is 2.29. The number of hydrogen-bond donors (Lipinski definition) is 2. The van der Waals surface area contributed by atoms with Crippen LogP contribution in [0.3, 0.4) is 0 Å². The first-order valence-electron chi connectivity index (χ1n) is 5.08. The van der Waals surface area contributed by atoms with E-state index in [2.05, 4.69) is 0 Å². The van der Waals surface area contributed by atoms with Crippen molar-refractivity contribution in [1.29, 1.82) is 0 Å². The molecule has 0 aromatic heterocycles. The van der Waals surface area contributed by atoms with E-state index in [-0.39, 0.29) is 11.1 Å². The Hall–Kier alpha value is -1.99. The molecule has 0 saturated heterocycles. The number of Topliss-reactive ketones (excluding diaryl/α,β-unsaturated/α-hetero) is 1. The quantitative estimate of drug-likeness (QED) is 0.482. The van der Waals surface area contributed by atoms with Crippen LogP contribution in [-0.2, 0) is 9.59 Å². The third-order valence-electron chi connectivity index (χ3n) is 2.37. The predicted octanol–water partition coefficient (Wildman–Crippen LogP) is 1.58. The summed E-state index contributed by atoms with van der Waals surface area (Å²) < 4.78 is 0. The Balaban J connectivity index is 3.37. The molecule has 0 fully saturated rings. The topological polar surface area (TPSA) is 118 Å². The number of aliphatic hydroxyl groups excluding tert-OH is 1. The zero-order chi connectivity index (χ0) is 14.7. The van der Waals surface area contributed by atoms with Gasteiger partial charge in [-0.2, -0.15) is 0 Å². The van der Waals surface area contributed by atoms with E-state index in [1.54, 1.807) is 0 Å². The van der Waals surface area contributed by atoms with Crippen LogP contribution in [0.1, 0.15) is 29.5 Å². The number of aliphatic carboxylic acids is 1. The Labute approximate surface area is 112 Å². The summed E-state index contributed by atoms with van der Waals surface area (Å²) in [6.07, 6.45) is -1.92. The molecule has 1 rings (SSSR count). The monoisotopic (exact) mass is 287 g/mol. The minimum atomic E-state index is -1.92. The molecular formula is C11H10ClNO6. The summed E-state index contributed by atoms with van der Waals surface area (Å²) in [6.45, 7) is 1.20. The molecule has 0 amide bonds. The van der Waals surface area contributed by atoms with Crippen LogP contribution in [0.15, 0.2) is 18.2 Å². The molecule has 102 valence electrons. The summed E-state index contributed by atoms with van der Waals surface area (Å²) in [7, 11) is 0. The number of alkyl halides is 1. The number of halogens is 1. The van der Waals surface area contributed by atoms with Crippen molar-refractivity contribution in [3.05, 3.63) is 39.4 Å². The molecule has 1 aromatic rings. The Morgan fingerprint density at radius 2 is 1.84 bits per heavy atom. The number of aliphatic hydroxyl groups is 1. The fourth-order valence-electron chi connectivity index (χ4n) is 1.45. The first-order valence-corrected chi connectivity index (χ1v) is 5.52. The standard InChI is InChI=1S/C11H10ClNO6/c1-5(14)9(12)6-2-7(10(15)11(16)17)4-8(3-6)13(18)19/h2-4,9-10,15H,1H3,(H,16,17). The second-order valence-electron chi connectivity index (χ2n) is 3.83. The fourth-order valence-corrected chi connectivity index (χ4v) is 1.57. The molecule has 0 spiro atoms. The number of ketones is 1. The molecule has 1 aromatic carbocycles. The molecule has 8 heteroatoms. The highest BCUT2D eigenvalue weighted by molar-refractivity contribution is 6.30. The lowest BCUT2D eigenvalue weighted by Gasteiger charge is -2.11. The summed E-state index contributed by atoms with van der Waals surface area (Å²) in [6, 6.07) is 3.15. The van der Waals surface area contributed by atoms with Gasteiger partial charge in [0, 0.05) is 12.1 Å². The fraction of sp³-hybridized carbons (Fsp3) is 0.273. The minimum Gasteiger partial charge on any atom is -0.479 e. The van der Waals surface area contributed by atoms with Gasteiger partial charge in [0.2, 0.25) is 0 Å². The van der Waals surface area contributed by atoms with Crippen LogP contribution in [0, 0.1) is 10.1 Å². The van der Waals surface area contributed by atoms with Gasteiger partial charge in [0.05, 0.1) is 4.92 Å². The molecule has 2 N–H and O–H groups in total. The highest BCUT2D eigenvalue weighted by Gasteiger charge is 2.23. The average Bonchev–Trinajstić information content (AvgIpc) is 2.35. The van der Waals surface area contributed by atoms with Crippen LogP contribution >= 0.6 is 11.6 Å². The average molecular weight is 288 g/mol. The van der Waals surface area contributed by atoms with E-state index in [1.807, 2.05) is 0 Å². The third kappa shape index (κ3) is 3.49. The van der Waals surface area contributed by atoms with Crippen LogP contribution in [0.25, 0.3) is 0 Å². The predicted molar refractivity (Wildman–Crippen MR) is 65.0 cm³/mol. The zero-order valence-electron chi connectivity index (χ0n) is 9.74. The number of rotatable bonds is 5. The van der Waals surface area contributed by atoms with Crippen molar-refractivity contribution in [3.8, 4) is 0 Å². The Bertz CT molecular complexity index is 506. The lowest BCUT2D eigenvalue weighted by molar-refractivity contribution is -0.385. The number of carboxylic acid groups (broad SMARTS) is 1. The van der Waals surface area contributed by atoms with Gasteiger partial charge in [-0.15, -0.1) is 11.6 Å². The van der Waals surface area contributed by atoms with Gasteiger partial charge < -0.3 is 10.2 Å². The number of benzene rings is 1. The lowest BCUT2D eigenvalue weighted by Crippen LogP contribution is -2.12. The molecular weight excluding hydrogens is 278 g/mol. The highest BCUT2D eigenvalue weighted by atomic mass is 35.5. The van der Waals surface area contributed by atoms with Crippen LogP contribution in [0.5, 0.6) is 0 Å². The van der Waals surface area contributed by atoms with E-state index in [1.165, 1.54) is 6.92 Å². The van der Waals surface area contributed by atoms with Crippen LogP contribution in [-0.4, -0.2) is 26.9 Å². The molecule has 2 atom stereocenters. The summed E-state index contributed by atoms with van der Waals surface area (Å²) in [4.78, 5) is 31.8. The lowest BCUT2D eigenvalue weighted by atomic mass is 10.0. The molecule has 7 nitrogen and oxygen atoms in total. The zero-order valence-corrected chi connectivity index (χ0v) is 10.5. The molecule has 0 aliphatic rings. The number of nitro benzene ring substituents is 1. The molecule has 0 saturated carbocycles. The van der Waals surface area contributed by atoms with Gasteiger partial charge in [0.1, 0.15) is 5.38 Å². The number of carbonyl (C=O) groups excluding carboxylic acids is 1. The second kappa shape index (κ2) is 5.77. The maximum atomic E-state index is 11.2. The maximum absolute atomic E-state index is 11.2. The van der Waals surface area contributed by atoms with Crippen molar-refractivity contribution >= 4 is 29.0 Å². The second-order valence-corrected chi connectivity index (χ2v) is 4.27.